The van der Waals surface area contributed by atoms with Gasteiger partial charge >= 0.3 is 12.1 Å². The van der Waals surface area contributed by atoms with Crippen molar-refractivity contribution < 1.29 is 23.8 Å². The van der Waals surface area contributed by atoms with Crippen LogP contribution in [0.15, 0.2) is 24.3 Å². The minimum absolute atomic E-state index is 0.374. The van der Waals surface area contributed by atoms with Gasteiger partial charge in [-0.05, 0) is 52.0 Å². The zero-order valence-electron chi connectivity index (χ0n) is 12.9. The maximum atomic E-state index is 11.8. The first-order chi connectivity index (χ1) is 9.71. The number of benzene rings is 1. The summed E-state index contributed by atoms with van der Waals surface area (Å²) in [5.74, 6) is 0.458. The summed E-state index contributed by atoms with van der Waals surface area (Å²) in [5, 5.41) is 2.42. The summed E-state index contributed by atoms with van der Waals surface area (Å²) in [6, 6.07) is 5.75. The van der Waals surface area contributed by atoms with Gasteiger partial charge in [-0.3, -0.25) is 0 Å². The van der Waals surface area contributed by atoms with E-state index >= 15 is 0 Å². The molecule has 6 nitrogen and oxygen atoms in total. The number of carbonyl (C=O) groups is 2. The molecular weight excluding hydrogens is 274 g/mol. The van der Waals surface area contributed by atoms with E-state index in [1.165, 1.54) is 6.92 Å². The predicted octanol–water partition coefficient (Wildman–Crippen LogP) is 2.51. The number of carbonyl (C=O) groups excluding carboxylic acids is 2. The van der Waals surface area contributed by atoms with E-state index in [0.29, 0.717) is 11.5 Å². The molecule has 1 rings (SSSR count). The molecule has 0 aliphatic carbocycles. The van der Waals surface area contributed by atoms with E-state index in [1.54, 1.807) is 52.1 Å². The Morgan fingerprint density at radius 1 is 1.10 bits per heavy atom. The zero-order valence-corrected chi connectivity index (χ0v) is 12.9. The van der Waals surface area contributed by atoms with Crippen LogP contribution in [0.25, 0.3) is 0 Å². The van der Waals surface area contributed by atoms with E-state index in [1.807, 2.05) is 0 Å². The number of rotatable bonds is 4. The van der Waals surface area contributed by atoms with Crippen molar-refractivity contribution in [2.24, 2.45) is 0 Å². The van der Waals surface area contributed by atoms with Gasteiger partial charge in [-0.15, -0.1) is 0 Å². The van der Waals surface area contributed by atoms with Crippen molar-refractivity contribution in [3.05, 3.63) is 24.3 Å². The Kier molecular flexibility index (Phi) is 5.58. The second-order valence-electron chi connectivity index (χ2n) is 5.46. The summed E-state index contributed by atoms with van der Waals surface area (Å²) < 4.78 is 15.2. The van der Waals surface area contributed by atoms with Gasteiger partial charge in [0.25, 0.3) is 0 Å². The van der Waals surface area contributed by atoms with Crippen molar-refractivity contribution in [1.29, 1.82) is 0 Å². The number of amides is 1. The average Bonchev–Trinajstić information content (AvgIpc) is 2.37. The van der Waals surface area contributed by atoms with E-state index in [2.05, 4.69) is 5.32 Å². The second kappa shape index (κ2) is 6.97. The Bertz CT molecular complexity index is 490. The fourth-order valence-electron chi connectivity index (χ4n) is 1.39. The van der Waals surface area contributed by atoms with E-state index < -0.39 is 23.7 Å². The Morgan fingerprint density at radius 2 is 1.62 bits per heavy atom. The molecule has 0 aliphatic heterocycles. The van der Waals surface area contributed by atoms with Crippen molar-refractivity contribution in [1.82, 2.24) is 5.32 Å². The van der Waals surface area contributed by atoms with Crippen LogP contribution >= 0.6 is 0 Å². The summed E-state index contributed by atoms with van der Waals surface area (Å²) in [6.07, 6.45) is -0.665. The van der Waals surface area contributed by atoms with Crippen molar-refractivity contribution in [3.63, 3.8) is 0 Å². The Morgan fingerprint density at radius 3 is 2.10 bits per heavy atom. The van der Waals surface area contributed by atoms with E-state index in [9.17, 15) is 9.59 Å². The SMILES string of the molecule is COc1ccc(OC(=O)C(C)NC(=O)OC(C)(C)C)cc1. The standard InChI is InChI=1S/C15H21NO5/c1-10(16-14(18)21-15(2,3)4)13(17)20-12-8-6-11(19-5)7-9-12/h6-10H,1-5H3,(H,16,18). The largest absolute Gasteiger partial charge is 0.497 e. The van der Waals surface area contributed by atoms with E-state index in [4.69, 9.17) is 14.2 Å². The zero-order chi connectivity index (χ0) is 16.0. The van der Waals surface area contributed by atoms with Crippen molar-refractivity contribution in [3.8, 4) is 11.5 Å². The highest BCUT2D eigenvalue weighted by Gasteiger charge is 2.22. The molecule has 0 bridgehead atoms. The number of ether oxygens (including phenoxy) is 3. The number of methoxy groups -OCH3 is 1. The van der Waals surface area contributed by atoms with Crippen molar-refractivity contribution in [2.75, 3.05) is 7.11 Å². The molecular formula is C15H21NO5. The average molecular weight is 295 g/mol. The molecule has 1 amide bonds. The lowest BCUT2D eigenvalue weighted by Crippen LogP contribution is -2.43. The Hall–Kier alpha value is -2.24. The molecule has 0 aliphatic rings. The van der Waals surface area contributed by atoms with Crippen molar-refractivity contribution in [2.45, 2.75) is 39.3 Å². The van der Waals surface area contributed by atoms with Gasteiger partial charge in [-0.1, -0.05) is 0 Å². The third-order valence-electron chi connectivity index (χ3n) is 2.36. The first-order valence-corrected chi connectivity index (χ1v) is 6.56. The highest BCUT2D eigenvalue weighted by atomic mass is 16.6. The summed E-state index contributed by atoms with van der Waals surface area (Å²) in [5.41, 5.74) is -0.621. The van der Waals surface area contributed by atoms with Crippen LogP contribution in [-0.4, -0.2) is 30.8 Å². The van der Waals surface area contributed by atoms with Crippen LogP contribution in [-0.2, 0) is 9.53 Å². The van der Waals surface area contributed by atoms with Crippen LogP contribution in [0.5, 0.6) is 11.5 Å². The first-order valence-electron chi connectivity index (χ1n) is 6.56. The number of esters is 1. The summed E-state index contributed by atoms with van der Waals surface area (Å²) >= 11 is 0. The number of alkyl carbamates (subject to hydrolysis) is 1. The van der Waals surface area contributed by atoms with Crippen molar-refractivity contribution >= 4 is 12.1 Å². The third-order valence-corrected chi connectivity index (χ3v) is 2.36. The van der Waals surface area contributed by atoms with Crippen LogP contribution in [0, 0.1) is 0 Å². The molecule has 0 heterocycles. The van der Waals surface area contributed by atoms with E-state index in [-0.39, 0.29) is 0 Å². The topological polar surface area (TPSA) is 73.9 Å². The van der Waals surface area contributed by atoms with Gasteiger partial charge in [0.1, 0.15) is 23.1 Å². The molecule has 1 aromatic rings. The molecule has 0 saturated carbocycles. The van der Waals surface area contributed by atoms with Gasteiger partial charge in [0.2, 0.25) is 0 Å². The molecule has 0 saturated heterocycles. The minimum Gasteiger partial charge on any atom is -0.497 e. The fourth-order valence-corrected chi connectivity index (χ4v) is 1.39. The molecule has 1 unspecified atom stereocenters. The molecule has 0 aromatic heterocycles. The monoisotopic (exact) mass is 295 g/mol. The Labute approximate surface area is 124 Å². The third kappa shape index (κ3) is 6.16. The number of hydrogen-bond acceptors (Lipinski definition) is 5. The van der Waals surface area contributed by atoms with Gasteiger partial charge in [-0.25, -0.2) is 9.59 Å². The second-order valence-corrected chi connectivity index (χ2v) is 5.46. The molecule has 6 heteroatoms. The fraction of sp³-hybridized carbons (Fsp3) is 0.467. The lowest BCUT2D eigenvalue weighted by Gasteiger charge is -2.21. The lowest BCUT2D eigenvalue weighted by atomic mass is 10.2. The number of hydrogen-bond donors (Lipinski definition) is 1. The maximum Gasteiger partial charge on any atom is 0.408 e. The summed E-state index contributed by atoms with van der Waals surface area (Å²) in [6.45, 7) is 6.75. The highest BCUT2D eigenvalue weighted by Crippen LogP contribution is 2.17. The molecule has 116 valence electrons. The predicted molar refractivity (Wildman–Crippen MR) is 77.5 cm³/mol. The quantitative estimate of drug-likeness (QED) is 0.682. The molecule has 0 radical (unpaired) electrons. The maximum absolute atomic E-state index is 11.8. The van der Waals surface area contributed by atoms with Gasteiger partial charge in [0, 0.05) is 0 Å². The van der Waals surface area contributed by atoms with E-state index in [0.717, 1.165) is 0 Å². The van der Waals surface area contributed by atoms with Gasteiger partial charge in [0.05, 0.1) is 7.11 Å². The van der Waals surface area contributed by atoms with Crippen LogP contribution in [0.3, 0.4) is 0 Å². The van der Waals surface area contributed by atoms with Crippen LogP contribution < -0.4 is 14.8 Å². The first kappa shape index (κ1) is 16.8. The lowest BCUT2D eigenvalue weighted by molar-refractivity contribution is -0.136. The molecule has 21 heavy (non-hydrogen) atoms. The van der Waals surface area contributed by atoms with Gasteiger partial charge in [0.15, 0.2) is 0 Å². The highest BCUT2D eigenvalue weighted by molar-refractivity contribution is 5.82. The van der Waals surface area contributed by atoms with Crippen LogP contribution in [0.4, 0.5) is 4.79 Å². The van der Waals surface area contributed by atoms with Gasteiger partial charge < -0.3 is 19.5 Å². The Balaban J connectivity index is 2.52. The number of nitrogens with one attached hydrogen (secondary N) is 1. The molecule has 0 spiro atoms. The van der Waals surface area contributed by atoms with Gasteiger partial charge in [-0.2, -0.15) is 0 Å². The molecule has 1 atom stereocenters. The summed E-state index contributed by atoms with van der Waals surface area (Å²) in [7, 11) is 1.55. The van der Waals surface area contributed by atoms with Crippen LogP contribution in [0.1, 0.15) is 27.7 Å². The minimum atomic E-state index is -0.818. The smallest absolute Gasteiger partial charge is 0.408 e. The molecule has 1 N–H and O–H groups in total. The van der Waals surface area contributed by atoms with Crippen LogP contribution in [0.2, 0.25) is 0 Å². The molecule has 0 fully saturated rings. The molecule has 1 aromatic carbocycles. The summed E-state index contributed by atoms with van der Waals surface area (Å²) in [4.78, 5) is 23.4. The normalized spacial score (nSPS) is 12.2.